The van der Waals surface area contributed by atoms with Crippen molar-refractivity contribution in [2.45, 2.75) is 19.9 Å². The number of hydrogen-bond acceptors (Lipinski definition) is 8. The summed E-state index contributed by atoms with van der Waals surface area (Å²) in [6, 6.07) is 7.19. The Kier molecular flexibility index (Phi) is 8.94. The number of methoxy groups -OCH3 is 1. The summed E-state index contributed by atoms with van der Waals surface area (Å²) in [7, 11) is 1.17. The third kappa shape index (κ3) is 6.35. The number of esters is 1. The third-order valence-corrected chi connectivity index (χ3v) is 6.02. The highest BCUT2D eigenvalue weighted by molar-refractivity contribution is 8.18. The Hall–Kier alpha value is -3.57. The van der Waals surface area contributed by atoms with Crippen LogP contribution >= 0.6 is 23.4 Å². The summed E-state index contributed by atoms with van der Waals surface area (Å²) < 4.78 is 28.8. The van der Waals surface area contributed by atoms with Crippen LogP contribution in [-0.4, -0.2) is 54.3 Å². The van der Waals surface area contributed by atoms with Gasteiger partial charge in [-0.25, -0.2) is 9.18 Å². The van der Waals surface area contributed by atoms with Crippen LogP contribution in [0, 0.1) is 5.82 Å². The zero-order valence-corrected chi connectivity index (χ0v) is 21.1. The largest absolute Gasteiger partial charge is 0.490 e. The smallest absolute Gasteiger partial charge is 0.328 e. The van der Waals surface area contributed by atoms with Gasteiger partial charge in [-0.3, -0.25) is 19.3 Å². The fraction of sp³-hybridized carbons (Fsp3) is 0.250. The van der Waals surface area contributed by atoms with E-state index in [1.807, 2.05) is 0 Å². The average molecular weight is 537 g/mol. The molecule has 12 heteroatoms. The SMILES string of the molecule is CCOc1cc(/C=C2/SC(=O)N([C@H](C)C(=O)OC)C2=O)cc(Cl)c1OCC(=O)Nc1ccc(F)cc1. The molecule has 3 rings (SSSR count). The van der Waals surface area contributed by atoms with E-state index >= 15 is 0 Å². The van der Waals surface area contributed by atoms with Crippen molar-refractivity contribution in [2.24, 2.45) is 0 Å². The summed E-state index contributed by atoms with van der Waals surface area (Å²) >= 11 is 7.06. The Morgan fingerprint density at radius 3 is 2.53 bits per heavy atom. The van der Waals surface area contributed by atoms with Crippen LogP contribution in [0.3, 0.4) is 0 Å². The lowest BCUT2D eigenvalue weighted by Gasteiger charge is -2.18. The number of carbonyl (C=O) groups is 4. The van der Waals surface area contributed by atoms with Crippen LogP contribution in [0.4, 0.5) is 14.9 Å². The summed E-state index contributed by atoms with van der Waals surface area (Å²) in [6.07, 6.45) is 1.44. The molecule has 1 atom stereocenters. The molecule has 1 aliphatic rings. The van der Waals surface area contributed by atoms with E-state index in [2.05, 4.69) is 10.1 Å². The molecule has 0 radical (unpaired) electrons. The molecule has 1 fully saturated rings. The Bertz CT molecular complexity index is 1220. The number of nitrogens with zero attached hydrogens (tertiary/aromatic N) is 1. The first-order valence-electron chi connectivity index (χ1n) is 10.6. The normalized spacial score (nSPS) is 15.1. The van der Waals surface area contributed by atoms with Crippen molar-refractivity contribution in [2.75, 3.05) is 25.6 Å². The molecule has 3 amide bonds. The van der Waals surface area contributed by atoms with Gasteiger partial charge in [-0.15, -0.1) is 0 Å². The summed E-state index contributed by atoms with van der Waals surface area (Å²) in [6.45, 7) is 2.99. The second-order valence-electron chi connectivity index (χ2n) is 7.36. The minimum atomic E-state index is -1.08. The predicted molar refractivity (Wildman–Crippen MR) is 132 cm³/mol. The van der Waals surface area contributed by atoms with Crippen molar-refractivity contribution in [3.8, 4) is 11.5 Å². The first kappa shape index (κ1) is 27.0. The highest BCUT2D eigenvalue weighted by Crippen LogP contribution is 2.39. The molecule has 0 spiro atoms. The standard InChI is InChI=1S/C24H22ClFN2O7S/c1-4-34-18-10-14(11-19-22(30)28(24(32)36-19)13(2)23(31)33-3)9-17(25)21(18)35-12-20(29)27-16-7-5-15(26)6-8-16/h5-11,13H,4,12H2,1-3H3,(H,27,29)/b19-11+/t13-/m1/s1. The number of nitrogens with one attached hydrogen (secondary N) is 1. The molecule has 36 heavy (non-hydrogen) atoms. The van der Waals surface area contributed by atoms with E-state index in [0.29, 0.717) is 23.0 Å². The van der Waals surface area contributed by atoms with Gasteiger partial charge in [0.05, 0.1) is 23.6 Å². The quantitative estimate of drug-likeness (QED) is 0.368. The molecular weight excluding hydrogens is 515 g/mol. The van der Waals surface area contributed by atoms with E-state index < -0.39 is 41.5 Å². The van der Waals surface area contributed by atoms with Crippen LogP contribution in [0.5, 0.6) is 11.5 Å². The lowest BCUT2D eigenvalue weighted by atomic mass is 10.1. The number of imide groups is 1. The summed E-state index contributed by atoms with van der Waals surface area (Å²) in [4.78, 5) is 50.0. The van der Waals surface area contributed by atoms with Crippen molar-refractivity contribution in [3.05, 3.63) is 57.7 Å². The highest BCUT2D eigenvalue weighted by atomic mass is 35.5. The minimum Gasteiger partial charge on any atom is -0.490 e. The topological polar surface area (TPSA) is 111 Å². The molecule has 1 heterocycles. The lowest BCUT2D eigenvalue weighted by molar-refractivity contribution is -0.148. The monoisotopic (exact) mass is 536 g/mol. The van der Waals surface area contributed by atoms with E-state index in [-0.39, 0.29) is 28.0 Å². The van der Waals surface area contributed by atoms with Crippen LogP contribution in [0.1, 0.15) is 19.4 Å². The first-order chi connectivity index (χ1) is 17.1. The zero-order valence-electron chi connectivity index (χ0n) is 19.5. The van der Waals surface area contributed by atoms with Gasteiger partial charge in [-0.1, -0.05) is 11.6 Å². The van der Waals surface area contributed by atoms with Crippen molar-refractivity contribution >= 4 is 58.1 Å². The molecule has 0 aromatic heterocycles. The molecule has 9 nitrogen and oxygen atoms in total. The lowest BCUT2D eigenvalue weighted by Crippen LogP contribution is -2.42. The Labute approximate surface area is 215 Å². The minimum absolute atomic E-state index is 0.0848. The average Bonchev–Trinajstić information content (AvgIpc) is 3.11. The molecule has 0 unspecified atom stereocenters. The maximum atomic E-state index is 13.0. The highest BCUT2D eigenvalue weighted by Gasteiger charge is 2.41. The second kappa shape index (κ2) is 11.9. The van der Waals surface area contributed by atoms with Crippen molar-refractivity contribution in [3.63, 3.8) is 0 Å². The van der Waals surface area contributed by atoms with Gasteiger partial charge in [0.25, 0.3) is 17.1 Å². The molecular formula is C24H22ClFN2O7S. The van der Waals surface area contributed by atoms with Crippen LogP contribution < -0.4 is 14.8 Å². The van der Waals surface area contributed by atoms with Gasteiger partial charge in [0.1, 0.15) is 11.9 Å². The number of ether oxygens (including phenoxy) is 3. The molecule has 1 saturated heterocycles. The summed E-state index contributed by atoms with van der Waals surface area (Å²) in [5.41, 5.74) is 0.828. The predicted octanol–water partition coefficient (Wildman–Crippen LogP) is 4.49. The zero-order chi connectivity index (χ0) is 26.4. The fourth-order valence-electron chi connectivity index (χ4n) is 3.18. The van der Waals surface area contributed by atoms with Gasteiger partial charge in [0.2, 0.25) is 0 Å². The molecule has 2 aromatic rings. The Morgan fingerprint density at radius 1 is 1.19 bits per heavy atom. The number of halogens is 2. The van der Waals surface area contributed by atoms with E-state index in [4.69, 9.17) is 21.1 Å². The van der Waals surface area contributed by atoms with Gasteiger partial charge in [-0.05, 0) is 73.6 Å². The Morgan fingerprint density at radius 2 is 1.89 bits per heavy atom. The van der Waals surface area contributed by atoms with E-state index in [9.17, 15) is 23.6 Å². The third-order valence-electron chi connectivity index (χ3n) is 4.86. The number of benzene rings is 2. The molecule has 2 aromatic carbocycles. The van der Waals surface area contributed by atoms with Crippen molar-refractivity contribution < 1.29 is 37.8 Å². The second-order valence-corrected chi connectivity index (χ2v) is 8.76. The maximum Gasteiger partial charge on any atom is 0.328 e. The molecule has 0 bridgehead atoms. The van der Waals surface area contributed by atoms with Gasteiger partial charge >= 0.3 is 5.97 Å². The first-order valence-corrected chi connectivity index (χ1v) is 11.8. The molecule has 190 valence electrons. The Balaban J connectivity index is 1.78. The molecule has 1 aliphatic heterocycles. The van der Waals surface area contributed by atoms with E-state index in [1.54, 1.807) is 13.0 Å². The number of thioether (sulfide) groups is 1. The van der Waals surface area contributed by atoms with Crippen molar-refractivity contribution in [1.29, 1.82) is 0 Å². The fourth-order valence-corrected chi connectivity index (χ4v) is 4.37. The summed E-state index contributed by atoms with van der Waals surface area (Å²) in [5.74, 6) is -1.97. The van der Waals surface area contributed by atoms with Gasteiger partial charge in [0, 0.05) is 5.69 Å². The molecule has 0 aliphatic carbocycles. The van der Waals surface area contributed by atoms with E-state index in [0.717, 1.165) is 4.90 Å². The van der Waals surface area contributed by atoms with Crippen LogP contribution in [0.15, 0.2) is 41.3 Å². The van der Waals surface area contributed by atoms with Crippen LogP contribution in [0.2, 0.25) is 5.02 Å². The molecule has 1 N–H and O–H groups in total. The van der Waals surface area contributed by atoms with Crippen LogP contribution in [0.25, 0.3) is 6.08 Å². The molecule has 0 saturated carbocycles. The van der Waals surface area contributed by atoms with Crippen LogP contribution in [-0.2, 0) is 19.1 Å². The van der Waals surface area contributed by atoms with E-state index in [1.165, 1.54) is 50.4 Å². The number of amides is 3. The maximum absolute atomic E-state index is 13.0. The van der Waals surface area contributed by atoms with Crippen molar-refractivity contribution in [1.82, 2.24) is 4.90 Å². The number of rotatable bonds is 9. The number of carbonyl (C=O) groups excluding carboxylic acids is 4. The number of hydrogen-bond donors (Lipinski definition) is 1. The van der Waals surface area contributed by atoms with Gasteiger partial charge in [0.15, 0.2) is 18.1 Å². The van der Waals surface area contributed by atoms with Gasteiger partial charge in [-0.2, -0.15) is 0 Å². The number of anilines is 1. The van der Waals surface area contributed by atoms with Gasteiger partial charge < -0.3 is 19.5 Å². The summed E-state index contributed by atoms with van der Waals surface area (Å²) in [5, 5.41) is 2.07.